The van der Waals surface area contributed by atoms with Gasteiger partial charge in [-0.05, 0) is 92.9 Å². The number of aryl methyl sites for hydroxylation is 1. The molecule has 0 radical (unpaired) electrons. The van der Waals surface area contributed by atoms with E-state index in [0.717, 1.165) is 69.8 Å². The average molecular weight is 680 g/mol. The number of halogens is 3. The fraction of sp³-hybridized carbons (Fsp3) is 0.436. The minimum Gasteiger partial charge on any atom is -0.494 e. The molecule has 5 rings (SSSR count). The third-order valence-electron chi connectivity index (χ3n) is 8.66. The number of alkyl halides is 3. The quantitative estimate of drug-likeness (QED) is 0.0746. The van der Waals surface area contributed by atoms with Crippen molar-refractivity contribution < 1.29 is 36.6 Å². The molecule has 1 aromatic heterocycles. The lowest BCUT2D eigenvalue weighted by molar-refractivity contribution is -0.154. The molecule has 0 amide bonds. The largest absolute Gasteiger partial charge is 0.494 e. The Kier molecular flexibility index (Phi) is 12.4. The van der Waals surface area contributed by atoms with Gasteiger partial charge in [0.25, 0.3) is 5.76 Å². The maximum atomic E-state index is 14.5. The number of carbonyl (C=O) groups excluding carboxylic acids is 1. The Morgan fingerprint density at radius 2 is 1.53 bits per heavy atom. The molecule has 2 heterocycles. The number of rotatable bonds is 14. The highest BCUT2D eigenvalue weighted by Crippen LogP contribution is 2.40. The highest BCUT2D eigenvalue weighted by Gasteiger charge is 2.41. The molecule has 0 spiro atoms. The van der Waals surface area contributed by atoms with Gasteiger partial charge in [0.15, 0.2) is 0 Å². The van der Waals surface area contributed by atoms with Gasteiger partial charge in [-0.3, -0.25) is 9.69 Å². The molecule has 1 aliphatic heterocycles. The Balaban J connectivity index is 1.50. The number of hydrogen-bond acceptors (Lipinski definition) is 7. The molecule has 49 heavy (non-hydrogen) atoms. The number of likely N-dealkylation sites (tertiary alicyclic amines) is 1. The Hall–Kier alpha value is -4.31. The molecule has 0 aliphatic carbocycles. The van der Waals surface area contributed by atoms with E-state index in [2.05, 4.69) is 11.8 Å². The van der Waals surface area contributed by atoms with Crippen LogP contribution in [-0.2, 0) is 19.1 Å². The van der Waals surface area contributed by atoms with Gasteiger partial charge >= 0.3 is 12.1 Å². The summed E-state index contributed by atoms with van der Waals surface area (Å²) in [6.07, 6.45) is 4.88. The summed E-state index contributed by atoms with van der Waals surface area (Å²) in [4.78, 5) is 29.2. The van der Waals surface area contributed by atoms with E-state index in [-0.39, 0.29) is 40.1 Å². The third-order valence-corrected chi connectivity index (χ3v) is 8.66. The molecule has 0 N–H and O–H groups in total. The van der Waals surface area contributed by atoms with Gasteiger partial charge in [0.05, 0.1) is 23.1 Å². The van der Waals surface area contributed by atoms with E-state index < -0.39 is 29.1 Å². The van der Waals surface area contributed by atoms with Crippen molar-refractivity contribution in [3.05, 3.63) is 93.3 Å². The molecule has 1 aliphatic rings. The summed E-state index contributed by atoms with van der Waals surface area (Å²) in [5.74, 6) is -2.46. The van der Waals surface area contributed by atoms with Crippen LogP contribution in [0.4, 0.5) is 13.2 Å². The SMILES string of the molecule is CCCCCCOc1ccc(C(=O)Oc2ccc3c(=O)c(Oc4ccc(CCC)cc4)c(C(F)(F)F)oc3c2CN2CCCCCC2)cc1. The van der Waals surface area contributed by atoms with Gasteiger partial charge in [0, 0.05) is 6.54 Å². The summed E-state index contributed by atoms with van der Waals surface area (Å²) in [5, 5.41) is -0.101. The van der Waals surface area contributed by atoms with Gasteiger partial charge in [0.1, 0.15) is 22.8 Å². The molecule has 0 unspecified atom stereocenters. The van der Waals surface area contributed by atoms with Crippen molar-refractivity contribution in [1.29, 1.82) is 0 Å². The molecule has 0 atom stereocenters. The van der Waals surface area contributed by atoms with Crippen LogP contribution in [0.15, 0.2) is 69.9 Å². The first kappa shape index (κ1) is 36.0. The first-order valence-electron chi connectivity index (χ1n) is 17.3. The zero-order valence-electron chi connectivity index (χ0n) is 28.2. The molecular weight excluding hydrogens is 635 g/mol. The molecule has 1 saturated heterocycles. The van der Waals surface area contributed by atoms with Crippen LogP contribution in [0.5, 0.6) is 23.0 Å². The molecule has 262 valence electrons. The van der Waals surface area contributed by atoms with Crippen LogP contribution >= 0.6 is 0 Å². The molecule has 1 fully saturated rings. The van der Waals surface area contributed by atoms with Gasteiger partial charge in [-0.15, -0.1) is 0 Å². The van der Waals surface area contributed by atoms with Crippen LogP contribution in [0.3, 0.4) is 0 Å². The number of esters is 1. The lowest BCUT2D eigenvalue weighted by Crippen LogP contribution is -2.25. The van der Waals surface area contributed by atoms with E-state index in [0.29, 0.717) is 25.4 Å². The van der Waals surface area contributed by atoms with Gasteiger partial charge < -0.3 is 18.6 Å². The van der Waals surface area contributed by atoms with Crippen LogP contribution in [0.25, 0.3) is 11.0 Å². The van der Waals surface area contributed by atoms with Crippen molar-refractivity contribution in [2.75, 3.05) is 19.7 Å². The number of carbonyl (C=O) groups is 1. The maximum Gasteiger partial charge on any atom is 0.453 e. The minimum absolute atomic E-state index is 0.0226. The smallest absolute Gasteiger partial charge is 0.453 e. The van der Waals surface area contributed by atoms with Crippen molar-refractivity contribution in [3.8, 4) is 23.0 Å². The van der Waals surface area contributed by atoms with Gasteiger partial charge in [-0.25, -0.2) is 4.79 Å². The summed E-state index contributed by atoms with van der Waals surface area (Å²) >= 11 is 0. The number of ether oxygens (including phenoxy) is 3. The highest BCUT2D eigenvalue weighted by atomic mass is 19.4. The number of hydrogen-bond donors (Lipinski definition) is 0. The van der Waals surface area contributed by atoms with Crippen molar-refractivity contribution in [2.24, 2.45) is 0 Å². The Morgan fingerprint density at radius 3 is 2.18 bits per heavy atom. The first-order chi connectivity index (χ1) is 23.7. The normalized spacial score (nSPS) is 14.1. The predicted octanol–water partition coefficient (Wildman–Crippen LogP) is 10.1. The molecular formula is C39H44F3NO6. The Labute approximate surface area is 285 Å². The van der Waals surface area contributed by atoms with Crippen LogP contribution < -0.4 is 19.6 Å². The van der Waals surface area contributed by atoms with E-state index in [1.165, 1.54) is 24.3 Å². The van der Waals surface area contributed by atoms with Gasteiger partial charge in [0.2, 0.25) is 11.2 Å². The summed E-state index contributed by atoms with van der Waals surface area (Å²) in [6, 6.07) is 15.9. The highest BCUT2D eigenvalue weighted by molar-refractivity contribution is 5.92. The van der Waals surface area contributed by atoms with Crippen molar-refractivity contribution in [2.45, 2.75) is 90.8 Å². The number of nitrogens with zero attached hydrogens (tertiary/aromatic N) is 1. The zero-order chi connectivity index (χ0) is 34.8. The first-order valence-corrected chi connectivity index (χ1v) is 17.3. The predicted molar refractivity (Wildman–Crippen MR) is 183 cm³/mol. The fourth-order valence-electron chi connectivity index (χ4n) is 6.02. The van der Waals surface area contributed by atoms with Crippen LogP contribution in [0.2, 0.25) is 0 Å². The molecule has 4 aromatic rings. The second-order valence-corrected chi connectivity index (χ2v) is 12.5. The minimum atomic E-state index is -5.04. The van der Waals surface area contributed by atoms with Crippen molar-refractivity contribution in [1.82, 2.24) is 4.90 Å². The number of unbranched alkanes of at least 4 members (excludes halogenated alkanes) is 3. The van der Waals surface area contributed by atoms with Crippen molar-refractivity contribution >= 4 is 16.9 Å². The lowest BCUT2D eigenvalue weighted by atomic mass is 10.1. The second-order valence-electron chi connectivity index (χ2n) is 12.5. The topological polar surface area (TPSA) is 78.2 Å². The van der Waals surface area contributed by atoms with Gasteiger partial charge in [-0.1, -0.05) is 64.5 Å². The van der Waals surface area contributed by atoms with Crippen LogP contribution in [0.1, 0.15) is 98.9 Å². The molecule has 7 nitrogen and oxygen atoms in total. The summed E-state index contributed by atoms with van der Waals surface area (Å²) in [6.45, 7) is 6.28. The van der Waals surface area contributed by atoms with E-state index in [9.17, 15) is 22.8 Å². The van der Waals surface area contributed by atoms with E-state index in [1.54, 1.807) is 36.4 Å². The summed E-state index contributed by atoms with van der Waals surface area (Å²) < 4.78 is 66.4. The number of benzene rings is 3. The number of fused-ring (bicyclic) bond motifs is 1. The molecule has 3 aromatic carbocycles. The summed E-state index contributed by atoms with van der Waals surface area (Å²) in [7, 11) is 0. The molecule has 10 heteroatoms. The lowest BCUT2D eigenvalue weighted by Gasteiger charge is -2.22. The maximum absolute atomic E-state index is 14.5. The monoisotopic (exact) mass is 679 g/mol. The standard InChI is InChI=1S/C39H44F3NO6/c1-3-5-6-11-25-46-29-19-15-28(16-20-29)38(45)48-33-22-21-31-34(44)36(47-30-17-13-27(12-4-2)14-18-30)37(39(40,41)42)49-35(31)32(33)26-43-23-9-7-8-10-24-43/h13-22H,3-12,23-26H2,1-2H3. The molecule has 0 saturated carbocycles. The van der Waals surface area contributed by atoms with E-state index in [1.807, 2.05) is 6.92 Å². The third kappa shape index (κ3) is 9.44. The Bertz CT molecular complexity index is 1740. The van der Waals surface area contributed by atoms with Crippen molar-refractivity contribution in [3.63, 3.8) is 0 Å². The van der Waals surface area contributed by atoms with E-state index >= 15 is 0 Å². The molecule has 0 bridgehead atoms. The summed E-state index contributed by atoms with van der Waals surface area (Å²) in [5.41, 5.74) is 0.178. The average Bonchev–Trinajstić information content (AvgIpc) is 3.36. The Morgan fingerprint density at radius 1 is 0.837 bits per heavy atom. The van der Waals surface area contributed by atoms with Gasteiger partial charge in [-0.2, -0.15) is 13.2 Å². The van der Waals surface area contributed by atoms with Crippen LogP contribution in [-0.4, -0.2) is 30.6 Å². The van der Waals surface area contributed by atoms with E-state index in [4.69, 9.17) is 18.6 Å². The van der Waals surface area contributed by atoms with Crippen LogP contribution in [0, 0.1) is 0 Å². The fourth-order valence-corrected chi connectivity index (χ4v) is 6.02. The second kappa shape index (κ2) is 16.9. The zero-order valence-corrected chi connectivity index (χ0v) is 28.2.